The number of thioether (sulfide) groups is 1. The molecule has 0 aliphatic carbocycles. The van der Waals surface area contributed by atoms with E-state index in [2.05, 4.69) is 20.2 Å². The zero-order valence-corrected chi connectivity index (χ0v) is 10.7. The van der Waals surface area contributed by atoms with Gasteiger partial charge in [-0.05, 0) is 0 Å². The Morgan fingerprint density at radius 1 is 1.21 bits per heavy atom. The lowest BCUT2D eigenvalue weighted by Crippen LogP contribution is -2.02. The second-order valence-corrected chi connectivity index (χ2v) is 4.85. The summed E-state index contributed by atoms with van der Waals surface area (Å²) in [5.41, 5.74) is 1.40. The number of fused-ring (bicyclic) bond motifs is 1. The van der Waals surface area contributed by atoms with Crippen molar-refractivity contribution >= 4 is 28.6 Å². The number of nitrogens with one attached hydrogen (secondary N) is 1. The number of aromatic amines is 1. The fourth-order valence-corrected chi connectivity index (χ4v) is 2.56. The molecule has 0 fully saturated rings. The van der Waals surface area contributed by atoms with Gasteiger partial charge in [0.1, 0.15) is 11.4 Å². The van der Waals surface area contributed by atoms with E-state index in [0.29, 0.717) is 17.0 Å². The Morgan fingerprint density at radius 2 is 2.05 bits per heavy atom. The van der Waals surface area contributed by atoms with E-state index in [1.54, 1.807) is 6.20 Å². The predicted molar refractivity (Wildman–Crippen MR) is 73.2 cm³/mol. The van der Waals surface area contributed by atoms with Crippen LogP contribution in [0.5, 0.6) is 0 Å². The van der Waals surface area contributed by atoms with Gasteiger partial charge in [0, 0.05) is 5.56 Å². The number of carbonyl (C=O) groups is 1. The molecule has 0 radical (unpaired) electrons. The van der Waals surface area contributed by atoms with Crippen molar-refractivity contribution in [2.24, 2.45) is 0 Å². The SMILES string of the molecule is O=C(CSc1ncnc2[nH]ncc12)c1ccccc1. The van der Waals surface area contributed by atoms with Crippen molar-refractivity contribution in [3.8, 4) is 0 Å². The molecule has 6 heteroatoms. The number of carbonyl (C=O) groups excluding carboxylic acids is 1. The molecule has 0 unspecified atom stereocenters. The maximum Gasteiger partial charge on any atom is 0.173 e. The first-order chi connectivity index (χ1) is 9.34. The lowest BCUT2D eigenvalue weighted by molar-refractivity contribution is 0.102. The molecular formula is C13H10N4OS. The molecule has 0 spiro atoms. The van der Waals surface area contributed by atoms with Crippen molar-refractivity contribution in [1.29, 1.82) is 0 Å². The predicted octanol–water partition coefficient (Wildman–Crippen LogP) is 2.33. The standard InChI is InChI=1S/C13H10N4OS/c18-11(9-4-2-1-3-5-9)7-19-13-10-6-16-17-12(10)14-8-15-13/h1-6,8H,7H2,(H,14,15,16,17). The number of nitrogens with zero attached hydrogens (tertiary/aromatic N) is 3. The minimum atomic E-state index is 0.0841. The second kappa shape index (κ2) is 5.19. The third-order valence-corrected chi connectivity index (χ3v) is 3.65. The number of hydrogen-bond donors (Lipinski definition) is 1. The van der Waals surface area contributed by atoms with Crippen LogP contribution in [0.4, 0.5) is 0 Å². The highest BCUT2D eigenvalue weighted by molar-refractivity contribution is 8.00. The summed E-state index contributed by atoms with van der Waals surface area (Å²) in [5, 5.41) is 8.31. The van der Waals surface area contributed by atoms with Gasteiger partial charge in [0.25, 0.3) is 0 Å². The van der Waals surface area contributed by atoms with E-state index in [4.69, 9.17) is 0 Å². The van der Waals surface area contributed by atoms with Crippen LogP contribution in [0.1, 0.15) is 10.4 Å². The van der Waals surface area contributed by atoms with Gasteiger partial charge in [0.15, 0.2) is 11.4 Å². The quantitative estimate of drug-likeness (QED) is 0.447. The van der Waals surface area contributed by atoms with Gasteiger partial charge in [0.2, 0.25) is 0 Å². The minimum Gasteiger partial charge on any atom is -0.293 e. The van der Waals surface area contributed by atoms with Gasteiger partial charge >= 0.3 is 0 Å². The Morgan fingerprint density at radius 3 is 2.89 bits per heavy atom. The van der Waals surface area contributed by atoms with Gasteiger partial charge in [-0.3, -0.25) is 9.89 Å². The van der Waals surface area contributed by atoms with Crippen LogP contribution in [-0.4, -0.2) is 31.7 Å². The first-order valence-corrected chi connectivity index (χ1v) is 6.68. The number of hydrogen-bond acceptors (Lipinski definition) is 5. The van der Waals surface area contributed by atoms with E-state index in [1.165, 1.54) is 18.1 Å². The fraction of sp³-hybridized carbons (Fsp3) is 0.0769. The molecule has 0 atom stereocenters. The van der Waals surface area contributed by atoms with E-state index in [-0.39, 0.29) is 5.78 Å². The number of ketones is 1. The summed E-state index contributed by atoms with van der Waals surface area (Å²) in [7, 11) is 0. The molecule has 19 heavy (non-hydrogen) atoms. The normalized spacial score (nSPS) is 10.7. The Labute approximate surface area is 113 Å². The van der Waals surface area contributed by atoms with E-state index in [1.807, 2.05) is 30.3 Å². The molecule has 1 N–H and O–H groups in total. The molecule has 2 aromatic heterocycles. The lowest BCUT2D eigenvalue weighted by atomic mass is 10.2. The maximum atomic E-state index is 12.0. The largest absolute Gasteiger partial charge is 0.293 e. The molecular weight excluding hydrogens is 260 g/mol. The molecule has 5 nitrogen and oxygen atoms in total. The monoisotopic (exact) mass is 270 g/mol. The summed E-state index contributed by atoms with van der Waals surface area (Å²) >= 11 is 1.40. The summed E-state index contributed by atoms with van der Waals surface area (Å²) in [5.74, 6) is 0.433. The molecule has 94 valence electrons. The van der Waals surface area contributed by atoms with Crippen LogP contribution in [0, 0.1) is 0 Å². The topological polar surface area (TPSA) is 71.5 Å². The second-order valence-electron chi connectivity index (χ2n) is 3.89. The maximum absolute atomic E-state index is 12.0. The summed E-state index contributed by atoms with van der Waals surface area (Å²) in [6, 6.07) is 9.24. The van der Waals surface area contributed by atoms with Crippen molar-refractivity contribution in [2.75, 3.05) is 5.75 Å². The van der Waals surface area contributed by atoms with E-state index in [0.717, 1.165) is 10.4 Å². The van der Waals surface area contributed by atoms with Gasteiger partial charge in [-0.15, -0.1) is 0 Å². The Bertz CT molecular complexity index is 711. The van der Waals surface area contributed by atoms with Crippen molar-refractivity contribution in [1.82, 2.24) is 20.2 Å². The fourth-order valence-electron chi connectivity index (χ4n) is 1.70. The molecule has 3 aromatic rings. The summed E-state index contributed by atoms with van der Waals surface area (Å²) in [6.07, 6.45) is 3.14. The smallest absolute Gasteiger partial charge is 0.173 e. The van der Waals surface area contributed by atoms with Gasteiger partial charge in [-0.2, -0.15) is 5.10 Å². The van der Waals surface area contributed by atoms with Gasteiger partial charge < -0.3 is 0 Å². The summed E-state index contributed by atoms with van der Waals surface area (Å²) < 4.78 is 0. The Kier molecular flexibility index (Phi) is 3.24. The van der Waals surface area contributed by atoms with Crippen LogP contribution < -0.4 is 0 Å². The third kappa shape index (κ3) is 2.48. The van der Waals surface area contributed by atoms with E-state index < -0.39 is 0 Å². The van der Waals surface area contributed by atoms with E-state index >= 15 is 0 Å². The number of rotatable bonds is 4. The van der Waals surface area contributed by atoms with Crippen molar-refractivity contribution < 1.29 is 4.79 Å². The molecule has 0 saturated heterocycles. The van der Waals surface area contributed by atoms with Crippen LogP contribution >= 0.6 is 11.8 Å². The molecule has 1 aromatic carbocycles. The van der Waals surface area contributed by atoms with Gasteiger partial charge in [-0.25, -0.2) is 9.97 Å². The molecule has 0 bridgehead atoms. The lowest BCUT2D eigenvalue weighted by Gasteiger charge is -2.01. The summed E-state index contributed by atoms with van der Waals surface area (Å²) in [4.78, 5) is 20.2. The molecule has 3 rings (SSSR count). The third-order valence-electron chi connectivity index (χ3n) is 2.65. The van der Waals surface area contributed by atoms with Crippen LogP contribution in [0.15, 0.2) is 47.9 Å². The number of H-pyrrole nitrogens is 1. The zero-order chi connectivity index (χ0) is 13.1. The highest BCUT2D eigenvalue weighted by Gasteiger charge is 2.10. The van der Waals surface area contributed by atoms with Gasteiger partial charge in [0.05, 0.1) is 17.3 Å². The molecule has 0 amide bonds. The van der Waals surface area contributed by atoms with E-state index in [9.17, 15) is 4.79 Å². The van der Waals surface area contributed by atoms with Crippen molar-refractivity contribution in [2.45, 2.75) is 5.03 Å². The average molecular weight is 270 g/mol. The van der Waals surface area contributed by atoms with Crippen LogP contribution in [0.3, 0.4) is 0 Å². The Balaban J connectivity index is 1.76. The number of Topliss-reactive ketones (excluding diaryl/α,β-unsaturated/α-hetero) is 1. The molecule has 0 aliphatic rings. The molecule has 0 aliphatic heterocycles. The number of aromatic nitrogens is 4. The first kappa shape index (κ1) is 11.9. The molecule has 0 saturated carbocycles. The summed E-state index contributed by atoms with van der Waals surface area (Å²) in [6.45, 7) is 0. The average Bonchev–Trinajstić information content (AvgIpc) is 2.94. The minimum absolute atomic E-state index is 0.0841. The first-order valence-electron chi connectivity index (χ1n) is 5.70. The Hall–Kier alpha value is -2.21. The number of benzene rings is 1. The molecule has 2 heterocycles. The van der Waals surface area contributed by atoms with Crippen LogP contribution in [0.2, 0.25) is 0 Å². The zero-order valence-electron chi connectivity index (χ0n) is 9.91. The van der Waals surface area contributed by atoms with Crippen molar-refractivity contribution in [3.63, 3.8) is 0 Å². The highest BCUT2D eigenvalue weighted by atomic mass is 32.2. The van der Waals surface area contributed by atoms with Gasteiger partial charge in [-0.1, -0.05) is 42.1 Å². The van der Waals surface area contributed by atoms with Crippen molar-refractivity contribution in [3.05, 3.63) is 48.4 Å². The van der Waals surface area contributed by atoms with Crippen LogP contribution in [-0.2, 0) is 0 Å². The van der Waals surface area contributed by atoms with Crippen LogP contribution in [0.25, 0.3) is 11.0 Å². The highest BCUT2D eigenvalue weighted by Crippen LogP contribution is 2.23.